The second kappa shape index (κ2) is 6.35. The van der Waals surface area contributed by atoms with Gasteiger partial charge in [0, 0.05) is 17.1 Å². The maximum Gasteiger partial charge on any atom is 0.328 e. The number of amides is 2. The van der Waals surface area contributed by atoms with Gasteiger partial charge in [0.15, 0.2) is 11.9 Å². The van der Waals surface area contributed by atoms with Crippen LogP contribution < -0.4 is 5.32 Å². The first-order valence-corrected chi connectivity index (χ1v) is 6.72. The van der Waals surface area contributed by atoms with Gasteiger partial charge in [-0.3, -0.25) is 0 Å². The summed E-state index contributed by atoms with van der Waals surface area (Å²) < 4.78 is 31.7. The second-order valence-electron chi connectivity index (χ2n) is 4.30. The summed E-state index contributed by atoms with van der Waals surface area (Å²) in [6.45, 7) is 0.101. The zero-order chi connectivity index (χ0) is 15.6. The Hall–Kier alpha value is -1.74. The lowest BCUT2D eigenvalue weighted by Crippen LogP contribution is -2.54. The van der Waals surface area contributed by atoms with E-state index in [1.165, 1.54) is 0 Å². The number of carboxylic acid groups (broad SMARTS) is 1. The van der Waals surface area contributed by atoms with Crippen molar-refractivity contribution in [1.29, 1.82) is 0 Å². The van der Waals surface area contributed by atoms with Gasteiger partial charge < -0.3 is 20.1 Å². The van der Waals surface area contributed by atoms with Gasteiger partial charge in [0.25, 0.3) is 0 Å². The smallest absolute Gasteiger partial charge is 0.328 e. The molecule has 114 valence electrons. The summed E-state index contributed by atoms with van der Waals surface area (Å²) in [5.74, 6) is -2.98. The SMILES string of the molecule is O=C(O)C1COCCN1C(=O)Nc1c(F)cc(F)cc1Br. The molecule has 0 bridgehead atoms. The van der Waals surface area contributed by atoms with Gasteiger partial charge in [-0.1, -0.05) is 0 Å². The number of aliphatic carboxylic acids is 1. The third-order valence-electron chi connectivity index (χ3n) is 2.91. The number of ether oxygens (including phenoxy) is 1. The van der Waals surface area contributed by atoms with Crippen molar-refractivity contribution in [1.82, 2.24) is 4.90 Å². The van der Waals surface area contributed by atoms with Gasteiger partial charge >= 0.3 is 12.0 Å². The molecule has 6 nitrogen and oxygen atoms in total. The molecule has 0 aliphatic carbocycles. The molecule has 0 saturated carbocycles. The maximum atomic E-state index is 13.7. The van der Waals surface area contributed by atoms with Crippen LogP contribution in [0.1, 0.15) is 0 Å². The van der Waals surface area contributed by atoms with Gasteiger partial charge in [-0.15, -0.1) is 0 Å². The maximum absolute atomic E-state index is 13.7. The fourth-order valence-electron chi connectivity index (χ4n) is 1.89. The number of carbonyl (C=O) groups is 2. The minimum Gasteiger partial charge on any atom is -0.480 e. The monoisotopic (exact) mass is 364 g/mol. The average Bonchev–Trinajstić information content (AvgIpc) is 2.42. The van der Waals surface area contributed by atoms with Crippen molar-refractivity contribution in [3.05, 3.63) is 28.2 Å². The Morgan fingerprint density at radius 1 is 1.43 bits per heavy atom. The predicted octanol–water partition coefficient (Wildman–Crippen LogP) is 2.04. The van der Waals surface area contributed by atoms with Crippen molar-refractivity contribution in [2.75, 3.05) is 25.1 Å². The van der Waals surface area contributed by atoms with Gasteiger partial charge in [0.1, 0.15) is 5.82 Å². The van der Waals surface area contributed by atoms with Gasteiger partial charge in [-0.05, 0) is 22.0 Å². The minimum absolute atomic E-state index is 0.0217. The second-order valence-corrected chi connectivity index (χ2v) is 5.15. The number of halogens is 3. The molecule has 9 heteroatoms. The summed E-state index contributed by atoms with van der Waals surface area (Å²) in [6.07, 6.45) is 0. The van der Waals surface area contributed by atoms with E-state index in [0.29, 0.717) is 6.07 Å². The van der Waals surface area contributed by atoms with E-state index >= 15 is 0 Å². The van der Waals surface area contributed by atoms with Crippen LogP contribution in [-0.4, -0.2) is 47.8 Å². The zero-order valence-corrected chi connectivity index (χ0v) is 12.2. The number of carboxylic acids is 1. The van der Waals surface area contributed by atoms with E-state index in [1.54, 1.807) is 0 Å². The summed E-state index contributed by atoms with van der Waals surface area (Å²) in [4.78, 5) is 24.2. The highest BCUT2D eigenvalue weighted by molar-refractivity contribution is 9.10. The topological polar surface area (TPSA) is 78.9 Å². The van der Waals surface area contributed by atoms with E-state index < -0.39 is 29.7 Å². The molecule has 0 aromatic heterocycles. The summed E-state index contributed by atoms with van der Waals surface area (Å²) in [5.41, 5.74) is -0.253. The Kier molecular flexibility index (Phi) is 4.73. The lowest BCUT2D eigenvalue weighted by molar-refractivity contribution is -0.147. The molecule has 2 N–H and O–H groups in total. The van der Waals surface area contributed by atoms with E-state index in [4.69, 9.17) is 9.84 Å². The number of hydrogen-bond acceptors (Lipinski definition) is 3. The first kappa shape index (κ1) is 15.6. The third kappa shape index (κ3) is 3.48. The number of hydrogen-bond donors (Lipinski definition) is 2. The summed E-state index contributed by atoms with van der Waals surface area (Å²) in [5, 5.41) is 11.3. The average molecular weight is 365 g/mol. The Morgan fingerprint density at radius 2 is 2.14 bits per heavy atom. The molecule has 1 aliphatic rings. The minimum atomic E-state index is -1.22. The Morgan fingerprint density at radius 3 is 2.76 bits per heavy atom. The van der Waals surface area contributed by atoms with Crippen molar-refractivity contribution in [2.24, 2.45) is 0 Å². The standard InChI is InChI=1S/C12H11BrF2N2O4/c13-7-3-6(14)4-8(15)10(7)16-12(20)17-1-2-21-5-9(17)11(18)19/h3-4,9H,1-2,5H2,(H,16,20)(H,18,19). The molecular formula is C12H11BrF2N2O4. The largest absolute Gasteiger partial charge is 0.480 e. The van der Waals surface area contributed by atoms with E-state index in [-0.39, 0.29) is 29.9 Å². The number of rotatable bonds is 2. The first-order chi connectivity index (χ1) is 9.90. The number of benzene rings is 1. The molecule has 1 aliphatic heterocycles. The van der Waals surface area contributed by atoms with E-state index in [0.717, 1.165) is 11.0 Å². The van der Waals surface area contributed by atoms with E-state index in [2.05, 4.69) is 21.2 Å². The number of morpholine rings is 1. The predicted molar refractivity (Wildman–Crippen MR) is 72.0 cm³/mol. The van der Waals surface area contributed by atoms with Gasteiger partial charge in [0.05, 0.1) is 18.9 Å². The summed E-state index contributed by atoms with van der Waals surface area (Å²) in [6, 6.07) is -0.334. The van der Waals surface area contributed by atoms with Crippen molar-refractivity contribution >= 4 is 33.6 Å². The molecule has 1 unspecified atom stereocenters. The van der Waals surface area contributed by atoms with Crippen LogP contribution >= 0.6 is 15.9 Å². The molecule has 21 heavy (non-hydrogen) atoms. The normalized spacial score (nSPS) is 18.4. The molecule has 1 fully saturated rings. The summed E-state index contributed by atoms with van der Waals surface area (Å²) >= 11 is 2.94. The van der Waals surface area contributed by atoms with Crippen LogP contribution in [0.4, 0.5) is 19.3 Å². The molecule has 0 spiro atoms. The highest BCUT2D eigenvalue weighted by Gasteiger charge is 2.33. The fourth-order valence-corrected chi connectivity index (χ4v) is 2.40. The molecule has 1 saturated heterocycles. The van der Waals surface area contributed by atoms with Crippen LogP contribution in [0.3, 0.4) is 0 Å². The van der Waals surface area contributed by atoms with Crippen molar-refractivity contribution < 1.29 is 28.2 Å². The van der Waals surface area contributed by atoms with Crippen LogP contribution in [0.15, 0.2) is 16.6 Å². The molecule has 1 aromatic rings. The lowest BCUT2D eigenvalue weighted by Gasteiger charge is -2.32. The van der Waals surface area contributed by atoms with Crippen LogP contribution in [0.2, 0.25) is 0 Å². The van der Waals surface area contributed by atoms with Crippen molar-refractivity contribution in [3.8, 4) is 0 Å². The van der Waals surface area contributed by atoms with Crippen LogP contribution in [0.5, 0.6) is 0 Å². The number of anilines is 1. The number of carbonyl (C=O) groups excluding carboxylic acids is 1. The Labute approximate surface area is 126 Å². The Balaban J connectivity index is 2.19. The van der Waals surface area contributed by atoms with E-state index in [1.807, 2.05) is 0 Å². The highest BCUT2D eigenvalue weighted by Crippen LogP contribution is 2.27. The lowest BCUT2D eigenvalue weighted by atomic mass is 10.2. The van der Waals surface area contributed by atoms with Crippen molar-refractivity contribution in [3.63, 3.8) is 0 Å². The van der Waals surface area contributed by atoms with Crippen LogP contribution in [0.25, 0.3) is 0 Å². The molecule has 1 aromatic carbocycles. The highest BCUT2D eigenvalue weighted by atomic mass is 79.9. The molecule has 2 rings (SSSR count). The molecular weight excluding hydrogens is 354 g/mol. The third-order valence-corrected chi connectivity index (χ3v) is 3.54. The summed E-state index contributed by atoms with van der Waals surface area (Å²) in [7, 11) is 0. The zero-order valence-electron chi connectivity index (χ0n) is 10.6. The molecule has 0 radical (unpaired) electrons. The number of nitrogens with zero attached hydrogens (tertiary/aromatic N) is 1. The molecule has 2 amide bonds. The van der Waals surface area contributed by atoms with E-state index in [9.17, 15) is 18.4 Å². The van der Waals surface area contributed by atoms with Gasteiger partial charge in [-0.25, -0.2) is 18.4 Å². The number of nitrogens with one attached hydrogen (secondary N) is 1. The van der Waals surface area contributed by atoms with Crippen molar-refractivity contribution in [2.45, 2.75) is 6.04 Å². The Bertz CT molecular complexity index is 561. The fraction of sp³-hybridized carbons (Fsp3) is 0.333. The first-order valence-electron chi connectivity index (χ1n) is 5.93. The number of urea groups is 1. The quantitative estimate of drug-likeness (QED) is 0.841. The van der Waals surface area contributed by atoms with Crippen LogP contribution in [0, 0.1) is 11.6 Å². The molecule has 1 heterocycles. The van der Waals surface area contributed by atoms with Gasteiger partial charge in [0.2, 0.25) is 0 Å². The van der Waals surface area contributed by atoms with Gasteiger partial charge in [-0.2, -0.15) is 0 Å². The molecule has 1 atom stereocenters. The van der Waals surface area contributed by atoms with Crippen LogP contribution in [-0.2, 0) is 9.53 Å².